The Labute approximate surface area is 81.5 Å². The second-order valence-electron chi connectivity index (χ2n) is 3.37. The molecule has 0 atom stereocenters. The number of hydrogen-bond donors (Lipinski definition) is 1. The summed E-state index contributed by atoms with van der Waals surface area (Å²) in [5.41, 5.74) is 3.95. The Morgan fingerprint density at radius 3 is 2.86 bits per heavy atom. The SMILES string of the molecule is Cc1ccc(N2CCC(=O)N2)cc1F. The van der Waals surface area contributed by atoms with Crippen molar-refractivity contribution in [3.05, 3.63) is 29.6 Å². The Hall–Kier alpha value is -1.58. The van der Waals surface area contributed by atoms with Gasteiger partial charge in [0, 0.05) is 13.0 Å². The standard InChI is InChI=1S/C10H11FN2O/c1-7-2-3-8(6-9(7)11)13-5-4-10(14)12-13/h2-3,6H,4-5H2,1H3,(H,12,14). The molecule has 0 saturated carbocycles. The first-order valence-corrected chi connectivity index (χ1v) is 4.50. The second-order valence-corrected chi connectivity index (χ2v) is 3.37. The smallest absolute Gasteiger partial charge is 0.240 e. The van der Waals surface area contributed by atoms with E-state index in [1.54, 1.807) is 24.1 Å². The summed E-state index contributed by atoms with van der Waals surface area (Å²) in [7, 11) is 0. The van der Waals surface area contributed by atoms with Crippen molar-refractivity contribution in [2.45, 2.75) is 13.3 Å². The number of anilines is 1. The van der Waals surface area contributed by atoms with Gasteiger partial charge in [-0.1, -0.05) is 6.07 Å². The maximum atomic E-state index is 13.2. The lowest BCUT2D eigenvalue weighted by atomic mass is 10.2. The normalized spacial score (nSPS) is 15.9. The summed E-state index contributed by atoms with van der Waals surface area (Å²) < 4.78 is 13.2. The van der Waals surface area contributed by atoms with E-state index in [0.717, 1.165) is 0 Å². The van der Waals surface area contributed by atoms with Gasteiger partial charge in [-0.15, -0.1) is 0 Å². The van der Waals surface area contributed by atoms with Crippen molar-refractivity contribution in [3.63, 3.8) is 0 Å². The van der Waals surface area contributed by atoms with Gasteiger partial charge in [-0.25, -0.2) is 4.39 Å². The molecule has 2 rings (SSSR count). The largest absolute Gasteiger partial charge is 0.285 e. The van der Waals surface area contributed by atoms with Gasteiger partial charge in [0.1, 0.15) is 5.82 Å². The average Bonchev–Trinajstić information content (AvgIpc) is 2.57. The van der Waals surface area contributed by atoms with Crippen LogP contribution in [0.25, 0.3) is 0 Å². The van der Waals surface area contributed by atoms with Gasteiger partial charge in [-0.2, -0.15) is 0 Å². The van der Waals surface area contributed by atoms with E-state index < -0.39 is 0 Å². The van der Waals surface area contributed by atoms with Crippen molar-refractivity contribution in [1.82, 2.24) is 5.43 Å². The minimum absolute atomic E-state index is 0.0222. The van der Waals surface area contributed by atoms with Crippen LogP contribution in [0.3, 0.4) is 0 Å². The summed E-state index contributed by atoms with van der Waals surface area (Å²) in [6.45, 7) is 2.31. The summed E-state index contributed by atoms with van der Waals surface area (Å²) in [5.74, 6) is -0.269. The fraction of sp³-hybridized carbons (Fsp3) is 0.300. The van der Waals surface area contributed by atoms with E-state index in [4.69, 9.17) is 0 Å². The molecule has 1 fully saturated rings. The molecule has 1 aromatic rings. The number of carbonyl (C=O) groups is 1. The highest BCUT2D eigenvalue weighted by Gasteiger charge is 2.18. The molecule has 4 heteroatoms. The Morgan fingerprint density at radius 2 is 2.29 bits per heavy atom. The van der Waals surface area contributed by atoms with Gasteiger partial charge >= 0.3 is 0 Å². The van der Waals surface area contributed by atoms with Crippen molar-refractivity contribution in [1.29, 1.82) is 0 Å². The number of nitrogens with zero attached hydrogens (tertiary/aromatic N) is 1. The van der Waals surface area contributed by atoms with Gasteiger partial charge < -0.3 is 0 Å². The third kappa shape index (κ3) is 1.55. The van der Waals surface area contributed by atoms with E-state index >= 15 is 0 Å². The summed E-state index contributed by atoms with van der Waals surface area (Å²) in [4.78, 5) is 10.9. The molecule has 0 unspecified atom stereocenters. The lowest BCUT2D eigenvalue weighted by molar-refractivity contribution is -0.119. The highest BCUT2D eigenvalue weighted by molar-refractivity contribution is 5.81. The van der Waals surface area contributed by atoms with Crippen LogP contribution in [0.5, 0.6) is 0 Å². The van der Waals surface area contributed by atoms with Gasteiger partial charge in [0.15, 0.2) is 0 Å². The van der Waals surface area contributed by atoms with Gasteiger partial charge in [0.05, 0.1) is 5.69 Å². The minimum atomic E-state index is -0.247. The highest BCUT2D eigenvalue weighted by atomic mass is 19.1. The molecular formula is C10H11FN2O. The molecule has 0 aromatic heterocycles. The topological polar surface area (TPSA) is 32.3 Å². The van der Waals surface area contributed by atoms with Crippen molar-refractivity contribution in [2.75, 3.05) is 11.6 Å². The van der Waals surface area contributed by atoms with Crippen molar-refractivity contribution in [3.8, 4) is 0 Å². The van der Waals surface area contributed by atoms with Crippen molar-refractivity contribution >= 4 is 11.6 Å². The number of aryl methyl sites for hydroxylation is 1. The molecule has 1 aromatic carbocycles. The number of amides is 1. The van der Waals surface area contributed by atoms with Crippen molar-refractivity contribution < 1.29 is 9.18 Å². The van der Waals surface area contributed by atoms with E-state index in [1.165, 1.54) is 6.07 Å². The highest BCUT2D eigenvalue weighted by Crippen LogP contribution is 2.18. The zero-order valence-electron chi connectivity index (χ0n) is 7.88. The molecule has 1 N–H and O–H groups in total. The molecule has 74 valence electrons. The number of rotatable bonds is 1. The molecule has 0 aliphatic carbocycles. The Bertz CT molecular complexity index is 378. The van der Waals surface area contributed by atoms with Crippen LogP contribution in [0.15, 0.2) is 18.2 Å². The minimum Gasteiger partial charge on any atom is -0.285 e. The first-order valence-electron chi connectivity index (χ1n) is 4.50. The number of nitrogens with one attached hydrogen (secondary N) is 1. The first-order chi connectivity index (χ1) is 6.66. The number of halogens is 1. The van der Waals surface area contributed by atoms with Crippen LogP contribution < -0.4 is 10.4 Å². The summed E-state index contributed by atoms with van der Waals surface area (Å²) in [5, 5.41) is 1.66. The quantitative estimate of drug-likeness (QED) is 0.732. The molecule has 0 spiro atoms. The molecule has 14 heavy (non-hydrogen) atoms. The molecule has 1 heterocycles. The molecule has 0 bridgehead atoms. The Kier molecular flexibility index (Phi) is 2.11. The van der Waals surface area contributed by atoms with E-state index in [-0.39, 0.29) is 11.7 Å². The zero-order valence-corrected chi connectivity index (χ0v) is 7.88. The maximum Gasteiger partial charge on any atom is 0.240 e. The van der Waals surface area contributed by atoms with Gasteiger partial charge in [0.2, 0.25) is 5.91 Å². The van der Waals surface area contributed by atoms with Gasteiger partial charge in [-0.3, -0.25) is 15.2 Å². The number of hydrogen-bond acceptors (Lipinski definition) is 2. The fourth-order valence-corrected chi connectivity index (χ4v) is 1.42. The third-order valence-electron chi connectivity index (χ3n) is 2.29. The fourth-order valence-electron chi connectivity index (χ4n) is 1.42. The van der Waals surface area contributed by atoms with Gasteiger partial charge in [0.25, 0.3) is 0 Å². The number of carbonyl (C=O) groups excluding carboxylic acids is 1. The zero-order chi connectivity index (χ0) is 10.1. The van der Waals surface area contributed by atoms with Crippen molar-refractivity contribution in [2.24, 2.45) is 0 Å². The van der Waals surface area contributed by atoms with Crippen LogP contribution >= 0.6 is 0 Å². The third-order valence-corrected chi connectivity index (χ3v) is 2.29. The van der Waals surface area contributed by atoms with Crippen LogP contribution in [0.2, 0.25) is 0 Å². The molecule has 1 aliphatic rings. The Balaban J connectivity index is 2.24. The lowest BCUT2D eigenvalue weighted by Gasteiger charge is -2.17. The van der Waals surface area contributed by atoms with Gasteiger partial charge in [-0.05, 0) is 24.6 Å². The lowest BCUT2D eigenvalue weighted by Crippen LogP contribution is -2.32. The van der Waals surface area contributed by atoms with Crippen LogP contribution in [-0.2, 0) is 4.79 Å². The number of hydrazine groups is 1. The summed E-state index contributed by atoms with van der Waals surface area (Å²) in [6, 6.07) is 4.93. The van der Waals surface area contributed by atoms with Crippen LogP contribution in [0.4, 0.5) is 10.1 Å². The van der Waals surface area contributed by atoms with E-state index in [1.807, 2.05) is 0 Å². The average molecular weight is 194 g/mol. The van der Waals surface area contributed by atoms with E-state index in [2.05, 4.69) is 5.43 Å². The maximum absolute atomic E-state index is 13.2. The summed E-state index contributed by atoms with van der Waals surface area (Å²) in [6.07, 6.45) is 0.468. The van der Waals surface area contributed by atoms with Crippen LogP contribution in [0.1, 0.15) is 12.0 Å². The molecule has 1 saturated heterocycles. The van der Waals surface area contributed by atoms with E-state index in [0.29, 0.717) is 24.2 Å². The molecule has 3 nitrogen and oxygen atoms in total. The predicted molar refractivity (Wildman–Crippen MR) is 51.2 cm³/mol. The first kappa shape index (κ1) is 8.99. The molecular weight excluding hydrogens is 183 g/mol. The molecule has 0 radical (unpaired) electrons. The Morgan fingerprint density at radius 1 is 1.50 bits per heavy atom. The second kappa shape index (κ2) is 3.29. The van der Waals surface area contributed by atoms with Crippen LogP contribution in [0, 0.1) is 12.7 Å². The number of benzene rings is 1. The molecule has 1 aliphatic heterocycles. The molecule has 1 amide bonds. The predicted octanol–water partition coefficient (Wildman–Crippen LogP) is 1.38. The van der Waals surface area contributed by atoms with Crippen LogP contribution in [-0.4, -0.2) is 12.5 Å². The van der Waals surface area contributed by atoms with E-state index in [9.17, 15) is 9.18 Å². The monoisotopic (exact) mass is 194 g/mol. The summed E-state index contributed by atoms with van der Waals surface area (Å²) >= 11 is 0.